The number of alkyl halides is 3. The van der Waals surface area contributed by atoms with Gasteiger partial charge in [-0.2, -0.15) is 13.2 Å². The molecule has 3 aromatic rings. The van der Waals surface area contributed by atoms with Gasteiger partial charge >= 0.3 is 6.18 Å². The Morgan fingerprint density at radius 3 is 2.13 bits per heavy atom. The van der Waals surface area contributed by atoms with Crippen molar-refractivity contribution in [2.75, 3.05) is 11.4 Å². The Balaban J connectivity index is 2.07. The fraction of sp³-hybridized carbons (Fsp3) is 0.182. The Hall–Kier alpha value is -3.00. The van der Waals surface area contributed by atoms with Gasteiger partial charge in [-0.15, -0.1) is 0 Å². The summed E-state index contributed by atoms with van der Waals surface area (Å²) in [4.78, 5) is 0.0518. The molecule has 0 unspecified atom stereocenters. The summed E-state index contributed by atoms with van der Waals surface area (Å²) in [5.74, 6) is 0.533. The van der Waals surface area contributed by atoms with E-state index < -0.39 is 21.8 Å². The highest BCUT2D eigenvalue weighted by Gasteiger charge is 2.31. The molecule has 0 spiro atoms. The van der Waals surface area contributed by atoms with E-state index in [4.69, 9.17) is 4.74 Å². The largest absolute Gasteiger partial charge is 0.497 e. The van der Waals surface area contributed by atoms with Gasteiger partial charge in [-0.1, -0.05) is 29.8 Å². The standard InChI is InChI=1S/C22H20F3NO3S/c1-16-6-12-21(13-7-16)30(27,28)26(19-8-10-20(29-2)11-9-19)15-17-4-3-5-18(14-17)22(23,24)25/h3-14H,15H2,1-2H3. The van der Waals surface area contributed by atoms with Crippen LogP contribution in [0.25, 0.3) is 0 Å². The average molecular weight is 435 g/mol. The normalized spacial score (nSPS) is 11.9. The average Bonchev–Trinajstić information content (AvgIpc) is 2.72. The van der Waals surface area contributed by atoms with E-state index >= 15 is 0 Å². The van der Waals surface area contributed by atoms with E-state index in [1.54, 1.807) is 36.4 Å². The highest BCUT2D eigenvalue weighted by Crippen LogP contribution is 2.32. The van der Waals surface area contributed by atoms with E-state index in [9.17, 15) is 21.6 Å². The van der Waals surface area contributed by atoms with Crippen molar-refractivity contribution in [1.29, 1.82) is 0 Å². The van der Waals surface area contributed by atoms with E-state index in [-0.39, 0.29) is 17.0 Å². The van der Waals surface area contributed by atoms with Crippen LogP contribution in [0, 0.1) is 6.92 Å². The van der Waals surface area contributed by atoms with Gasteiger partial charge in [-0.05, 0) is 61.0 Å². The first-order chi connectivity index (χ1) is 14.1. The number of hydrogen-bond acceptors (Lipinski definition) is 3. The van der Waals surface area contributed by atoms with E-state index in [1.807, 2.05) is 6.92 Å². The molecule has 0 atom stereocenters. The Kier molecular flexibility index (Phi) is 6.07. The Labute approximate surface area is 173 Å². The summed E-state index contributed by atoms with van der Waals surface area (Å²) in [7, 11) is -2.54. The minimum atomic E-state index is -4.52. The zero-order valence-corrected chi connectivity index (χ0v) is 17.2. The van der Waals surface area contributed by atoms with Gasteiger partial charge in [0.05, 0.1) is 29.8 Å². The fourth-order valence-corrected chi connectivity index (χ4v) is 4.37. The minimum absolute atomic E-state index is 0.0518. The predicted molar refractivity (Wildman–Crippen MR) is 109 cm³/mol. The number of methoxy groups -OCH3 is 1. The molecule has 30 heavy (non-hydrogen) atoms. The molecule has 158 valence electrons. The second kappa shape index (κ2) is 8.39. The van der Waals surface area contributed by atoms with Crippen molar-refractivity contribution >= 4 is 15.7 Å². The molecular weight excluding hydrogens is 415 g/mol. The molecule has 3 aromatic carbocycles. The number of aryl methyl sites for hydroxylation is 1. The lowest BCUT2D eigenvalue weighted by molar-refractivity contribution is -0.137. The number of hydrogen-bond donors (Lipinski definition) is 0. The van der Waals surface area contributed by atoms with Crippen LogP contribution in [0.2, 0.25) is 0 Å². The summed E-state index contributed by atoms with van der Waals surface area (Å²) in [6.45, 7) is 1.58. The third kappa shape index (κ3) is 4.76. The van der Waals surface area contributed by atoms with Crippen molar-refractivity contribution in [2.45, 2.75) is 24.5 Å². The van der Waals surface area contributed by atoms with Gasteiger partial charge in [-0.25, -0.2) is 8.42 Å². The highest BCUT2D eigenvalue weighted by atomic mass is 32.2. The maximum atomic E-state index is 13.4. The van der Waals surface area contributed by atoms with Crippen molar-refractivity contribution in [3.05, 3.63) is 89.5 Å². The second-order valence-corrected chi connectivity index (χ2v) is 8.58. The zero-order valence-electron chi connectivity index (χ0n) is 16.3. The van der Waals surface area contributed by atoms with Crippen LogP contribution in [0.5, 0.6) is 5.75 Å². The van der Waals surface area contributed by atoms with Crippen LogP contribution in [0.15, 0.2) is 77.7 Å². The van der Waals surface area contributed by atoms with Crippen molar-refractivity contribution in [2.24, 2.45) is 0 Å². The van der Waals surface area contributed by atoms with Crippen LogP contribution < -0.4 is 9.04 Å². The minimum Gasteiger partial charge on any atom is -0.497 e. The first-order valence-corrected chi connectivity index (χ1v) is 10.4. The molecule has 0 saturated heterocycles. The molecule has 0 bridgehead atoms. The topological polar surface area (TPSA) is 46.6 Å². The van der Waals surface area contributed by atoms with Gasteiger partial charge in [0.25, 0.3) is 10.0 Å². The van der Waals surface area contributed by atoms with Gasteiger partial charge in [0, 0.05) is 0 Å². The summed E-state index contributed by atoms with van der Waals surface area (Å²) in [6.07, 6.45) is -4.52. The maximum Gasteiger partial charge on any atom is 0.416 e. The van der Waals surface area contributed by atoms with Crippen molar-refractivity contribution in [1.82, 2.24) is 0 Å². The fourth-order valence-electron chi connectivity index (χ4n) is 2.91. The van der Waals surface area contributed by atoms with Gasteiger partial charge < -0.3 is 4.74 Å². The lowest BCUT2D eigenvalue weighted by Crippen LogP contribution is -2.30. The monoisotopic (exact) mass is 435 g/mol. The third-order valence-electron chi connectivity index (χ3n) is 4.55. The molecule has 0 radical (unpaired) electrons. The van der Waals surface area contributed by atoms with Crippen LogP contribution in [0.3, 0.4) is 0 Å². The lowest BCUT2D eigenvalue weighted by atomic mass is 10.1. The Morgan fingerprint density at radius 1 is 0.933 bits per heavy atom. The van der Waals surface area contributed by atoms with Gasteiger partial charge in [-0.3, -0.25) is 4.31 Å². The van der Waals surface area contributed by atoms with Gasteiger partial charge in [0.15, 0.2) is 0 Å². The van der Waals surface area contributed by atoms with Crippen LogP contribution in [0.1, 0.15) is 16.7 Å². The highest BCUT2D eigenvalue weighted by molar-refractivity contribution is 7.92. The summed E-state index contributed by atoms with van der Waals surface area (Å²) in [5, 5.41) is 0. The number of sulfonamides is 1. The van der Waals surface area contributed by atoms with E-state index in [0.717, 1.165) is 22.0 Å². The summed E-state index contributed by atoms with van der Waals surface area (Å²) < 4.78 is 72.2. The number of ether oxygens (including phenoxy) is 1. The van der Waals surface area contributed by atoms with E-state index in [2.05, 4.69) is 0 Å². The summed E-state index contributed by atoms with van der Waals surface area (Å²) >= 11 is 0. The molecule has 0 saturated carbocycles. The SMILES string of the molecule is COc1ccc(N(Cc2cccc(C(F)(F)F)c2)S(=O)(=O)c2ccc(C)cc2)cc1. The smallest absolute Gasteiger partial charge is 0.416 e. The molecular formula is C22H20F3NO3S. The van der Waals surface area contributed by atoms with Crippen LogP contribution in [-0.2, 0) is 22.7 Å². The maximum absolute atomic E-state index is 13.4. The third-order valence-corrected chi connectivity index (χ3v) is 6.34. The molecule has 0 aliphatic heterocycles. The van der Waals surface area contributed by atoms with Crippen LogP contribution >= 0.6 is 0 Å². The zero-order chi connectivity index (χ0) is 21.9. The van der Waals surface area contributed by atoms with E-state index in [1.165, 1.54) is 31.4 Å². The summed E-state index contributed by atoms with van der Waals surface area (Å²) in [6, 6.07) is 17.2. The van der Waals surface area contributed by atoms with E-state index in [0.29, 0.717) is 11.4 Å². The first-order valence-electron chi connectivity index (χ1n) is 9.01. The second-order valence-electron chi connectivity index (χ2n) is 6.72. The lowest BCUT2D eigenvalue weighted by Gasteiger charge is -2.25. The summed E-state index contributed by atoms with van der Waals surface area (Å²) in [5.41, 5.74) is 0.593. The molecule has 4 nitrogen and oxygen atoms in total. The molecule has 0 heterocycles. The number of rotatable bonds is 6. The van der Waals surface area contributed by atoms with Crippen molar-refractivity contribution < 1.29 is 26.3 Å². The Bertz CT molecular complexity index is 1110. The number of halogens is 3. The molecule has 0 amide bonds. The molecule has 8 heteroatoms. The van der Waals surface area contributed by atoms with Crippen molar-refractivity contribution in [3.63, 3.8) is 0 Å². The van der Waals surface area contributed by atoms with Crippen LogP contribution in [0.4, 0.5) is 18.9 Å². The quantitative estimate of drug-likeness (QED) is 0.520. The molecule has 0 aliphatic rings. The first kappa shape index (κ1) is 21.7. The predicted octanol–water partition coefficient (Wildman–Crippen LogP) is 5.42. The molecule has 0 fully saturated rings. The molecule has 0 N–H and O–H groups in total. The molecule has 0 aromatic heterocycles. The number of anilines is 1. The number of benzene rings is 3. The van der Waals surface area contributed by atoms with Gasteiger partial charge in [0.1, 0.15) is 5.75 Å². The van der Waals surface area contributed by atoms with Gasteiger partial charge in [0.2, 0.25) is 0 Å². The molecule has 0 aliphatic carbocycles. The Morgan fingerprint density at radius 2 is 1.57 bits per heavy atom. The molecule has 3 rings (SSSR count). The number of nitrogens with zero attached hydrogens (tertiary/aromatic N) is 1. The van der Waals surface area contributed by atoms with Crippen molar-refractivity contribution in [3.8, 4) is 5.75 Å². The van der Waals surface area contributed by atoms with Crippen LogP contribution in [-0.4, -0.2) is 15.5 Å².